The van der Waals surface area contributed by atoms with Gasteiger partial charge in [0, 0.05) is 23.2 Å². The molecule has 0 spiro atoms. The number of ether oxygens (including phenoxy) is 1. The summed E-state index contributed by atoms with van der Waals surface area (Å²) in [5.74, 6) is 2.27. The first-order valence-corrected chi connectivity index (χ1v) is 7.76. The molecule has 0 aliphatic heterocycles. The van der Waals surface area contributed by atoms with Crippen LogP contribution in [0.2, 0.25) is 0 Å². The van der Waals surface area contributed by atoms with Crippen molar-refractivity contribution in [1.82, 2.24) is 9.97 Å². The monoisotopic (exact) mass is 306 g/mol. The fraction of sp³-hybridized carbons (Fsp3) is 0.222. The van der Waals surface area contributed by atoms with E-state index in [-0.39, 0.29) is 0 Å². The fourth-order valence-electron chi connectivity index (χ4n) is 2.49. The second-order valence-corrected chi connectivity index (χ2v) is 5.69. The summed E-state index contributed by atoms with van der Waals surface area (Å²) in [4.78, 5) is 9.27. The maximum absolute atomic E-state index is 5.25. The molecule has 23 heavy (non-hydrogen) atoms. The van der Waals surface area contributed by atoms with E-state index < -0.39 is 0 Å². The third-order valence-corrected chi connectivity index (χ3v) is 3.85. The van der Waals surface area contributed by atoms with Crippen molar-refractivity contribution in [3.05, 3.63) is 48.5 Å². The molecule has 0 atom stereocenters. The molecule has 3 aromatic rings. The van der Waals surface area contributed by atoms with Gasteiger partial charge in [-0.05, 0) is 37.1 Å². The Morgan fingerprint density at radius 2 is 1.91 bits per heavy atom. The van der Waals surface area contributed by atoms with Crippen LogP contribution in [0, 0.1) is 0 Å². The van der Waals surface area contributed by atoms with Gasteiger partial charge >= 0.3 is 0 Å². The Morgan fingerprint density at radius 3 is 2.74 bits per heavy atom. The number of methoxy groups -OCH3 is 1. The quantitative estimate of drug-likeness (QED) is 0.747. The number of nitrogens with zero attached hydrogens (tertiary/aromatic N) is 2. The lowest BCUT2D eigenvalue weighted by atomic mass is 10.2. The van der Waals surface area contributed by atoms with Gasteiger partial charge in [0.05, 0.1) is 12.6 Å². The third kappa shape index (κ3) is 3.04. The summed E-state index contributed by atoms with van der Waals surface area (Å²) in [7, 11) is 1.66. The predicted molar refractivity (Wildman–Crippen MR) is 92.5 cm³/mol. The van der Waals surface area contributed by atoms with Gasteiger partial charge in [-0.3, -0.25) is 0 Å². The molecule has 0 amide bonds. The van der Waals surface area contributed by atoms with Gasteiger partial charge in [0.25, 0.3) is 0 Å². The van der Waals surface area contributed by atoms with Crippen LogP contribution in [-0.2, 0) is 0 Å². The van der Waals surface area contributed by atoms with Crippen molar-refractivity contribution in [2.45, 2.75) is 18.9 Å². The van der Waals surface area contributed by atoms with Crippen molar-refractivity contribution in [2.75, 3.05) is 17.7 Å². The van der Waals surface area contributed by atoms with E-state index in [0.717, 1.165) is 28.2 Å². The van der Waals surface area contributed by atoms with E-state index in [9.17, 15) is 0 Å². The van der Waals surface area contributed by atoms with Crippen molar-refractivity contribution >= 4 is 28.4 Å². The second-order valence-electron chi connectivity index (χ2n) is 5.69. The van der Waals surface area contributed by atoms with E-state index in [4.69, 9.17) is 4.74 Å². The Balaban J connectivity index is 1.71. The average molecular weight is 306 g/mol. The highest BCUT2D eigenvalue weighted by Gasteiger charge is 2.22. The van der Waals surface area contributed by atoms with Crippen LogP contribution in [0.3, 0.4) is 0 Å². The minimum absolute atomic E-state index is 0.540. The fourth-order valence-corrected chi connectivity index (χ4v) is 2.49. The summed E-state index contributed by atoms with van der Waals surface area (Å²) in [6.45, 7) is 0. The molecule has 4 rings (SSSR count). The summed E-state index contributed by atoms with van der Waals surface area (Å²) >= 11 is 0. The summed E-state index contributed by atoms with van der Waals surface area (Å²) in [6, 6.07) is 16.3. The van der Waals surface area contributed by atoms with Gasteiger partial charge in [0.15, 0.2) is 0 Å². The number of hydrogen-bond acceptors (Lipinski definition) is 5. The third-order valence-electron chi connectivity index (χ3n) is 3.85. The number of hydrogen-bond donors (Lipinski definition) is 2. The zero-order valence-electron chi connectivity index (χ0n) is 12.9. The van der Waals surface area contributed by atoms with Crippen molar-refractivity contribution in [2.24, 2.45) is 0 Å². The maximum Gasteiger partial charge on any atom is 0.229 e. The van der Waals surface area contributed by atoms with E-state index in [1.54, 1.807) is 7.11 Å². The molecular formula is C18H18N4O. The number of rotatable bonds is 5. The van der Waals surface area contributed by atoms with Gasteiger partial charge < -0.3 is 15.4 Å². The van der Waals surface area contributed by atoms with Crippen LogP contribution < -0.4 is 15.4 Å². The molecule has 0 saturated heterocycles. The molecule has 0 unspecified atom stereocenters. The lowest BCUT2D eigenvalue weighted by Crippen LogP contribution is -2.07. The van der Waals surface area contributed by atoms with E-state index in [0.29, 0.717) is 12.0 Å². The van der Waals surface area contributed by atoms with Crippen LogP contribution in [-0.4, -0.2) is 23.1 Å². The van der Waals surface area contributed by atoms with Crippen molar-refractivity contribution in [3.8, 4) is 5.75 Å². The topological polar surface area (TPSA) is 59.1 Å². The minimum atomic E-state index is 0.540. The van der Waals surface area contributed by atoms with Gasteiger partial charge in [-0.2, -0.15) is 4.98 Å². The molecule has 0 radical (unpaired) electrons. The van der Waals surface area contributed by atoms with Crippen LogP contribution >= 0.6 is 0 Å². The number of nitrogens with one attached hydrogen (secondary N) is 2. The molecule has 1 aliphatic carbocycles. The molecule has 1 heterocycles. The van der Waals surface area contributed by atoms with Crippen LogP contribution in [0.15, 0.2) is 48.5 Å². The van der Waals surface area contributed by atoms with Gasteiger partial charge in [0.2, 0.25) is 5.95 Å². The summed E-state index contributed by atoms with van der Waals surface area (Å²) in [5, 5.41) is 7.81. The highest BCUT2D eigenvalue weighted by molar-refractivity contribution is 5.90. The largest absolute Gasteiger partial charge is 0.497 e. The van der Waals surface area contributed by atoms with E-state index >= 15 is 0 Å². The van der Waals surface area contributed by atoms with Crippen LogP contribution in [0.25, 0.3) is 10.9 Å². The highest BCUT2D eigenvalue weighted by Crippen LogP contribution is 2.29. The predicted octanol–water partition coefficient (Wildman–Crippen LogP) is 3.96. The number of benzene rings is 2. The highest BCUT2D eigenvalue weighted by atomic mass is 16.5. The van der Waals surface area contributed by atoms with Gasteiger partial charge in [-0.25, -0.2) is 4.98 Å². The molecule has 1 aliphatic rings. The van der Waals surface area contributed by atoms with Gasteiger partial charge in [-0.15, -0.1) is 0 Å². The normalized spacial score (nSPS) is 13.8. The van der Waals surface area contributed by atoms with E-state index in [2.05, 4.69) is 26.7 Å². The first-order chi connectivity index (χ1) is 11.3. The molecule has 5 heteroatoms. The Morgan fingerprint density at radius 1 is 1.04 bits per heavy atom. The van der Waals surface area contributed by atoms with Crippen LogP contribution in [0.1, 0.15) is 12.8 Å². The minimum Gasteiger partial charge on any atom is -0.497 e. The zero-order chi connectivity index (χ0) is 15.6. The van der Waals surface area contributed by atoms with E-state index in [1.807, 2.05) is 42.5 Å². The molecule has 1 aromatic heterocycles. The Hall–Kier alpha value is -2.82. The summed E-state index contributed by atoms with van der Waals surface area (Å²) in [5.41, 5.74) is 1.83. The number of anilines is 3. The lowest BCUT2D eigenvalue weighted by Gasteiger charge is -2.11. The SMILES string of the molecule is COc1cccc(Nc2nc(NC3CC3)c3ccccc3n2)c1. The molecule has 116 valence electrons. The van der Waals surface area contributed by atoms with Gasteiger partial charge in [-0.1, -0.05) is 18.2 Å². The molecule has 2 N–H and O–H groups in total. The van der Waals surface area contributed by atoms with Gasteiger partial charge in [0.1, 0.15) is 11.6 Å². The maximum atomic E-state index is 5.25. The first kappa shape index (κ1) is 13.8. The molecule has 1 fully saturated rings. The summed E-state index contributed by atoms with van der Waals surface area (Å²) in [6.07, 6.45) is 2.41. The number of para-hydroxylation sites is 1. The molecule has 1 saturated carbocycles. The molecular weight excluding hydrogens is 288 g/mol. The van der Waals surface area contributed by atoms with E-state index in [1.165, 1.54) is 12.8 Å². The summed E-state index contributed by atoms with van der Waals surface area (Å²) < 4.78 is 5.25. The number of aromatic nitrogens is 2. The van der Waals surface area contributed by atoms with Crippen molar-refractivity contribution in [3.63, 3.8) is 0 Å². The number of fused-ring (bicyclic) bond motifs is 1. The standard InChI is InChI=1S/C18H18N4O/c1-23-14-6-4-5-13(11-14)20-18-21-16-8-3-2-7-15(16)17(22-18)19-12-9-10-12/h2-8,11-12H,9-10H2,1H3,(H2,19,20,21,22). The smallest absolute Gasteiger partial charge is 0.229 e. The Bertz CT molecular complexity index is 845. The van der Waals surface area contributed by atoms with Crippen LogP contribution in [0.5, 0.6) is 5.75 Å². The lowest BCUT2D eigenvalue weighted by molar-refractivity contribution is 0.415. The molecule has 2 aromatic carbocycles. The second kappa shape index (κ2) is 5.76. The van der Waals surface area contributed by atoms with Crippen molar-refractivity contribution < 1.29 is 4.74 Å². The molecule has 5 nitrogen and oxygen atoms in total. The molecule has 0 bridgehead atoms. The Labute approximate surface area is 134 Å². The van der Waals surface area contributed by atoms with Crippen molar-refractivity contribution in [1.29, 1.82) is 0 Å². The first-order valence-electron chi connectivity index (χ1n) is 7.76. The average Bonchev–Trinajstić information content (AvgIpc) is 3.39. The zero-order valence-corrected chi connectivity index (χ0v) is 12.9. The van der Waals surface area contributed by atoms with Crippen LogP contribution in [0.4, 0.5) is 17.5 Å². The Kier molecular flexibility index (Phi) is 3.46.